The van der Waals surface area contributed by atoms with Gasteiger partial charge in [0, 0.05) is 12.3 Å². The molecule has 0 unspecified atom stereocenters. The topological polar surface area (TPSA) is 15.7 Å². The van der Waals surface area contributed by atoms with Crippen LogP contribution in [0.5, 0.6) is 0 Å². The third-order valence-corrected chi connectivity index (χ3v) is 27.9. The minimum atomic E-state index is -1.75. The molecule has 0 bridgehead atoms. The predicted octanol–water partition coefficient (Wildman–Crippen LogP) is 6.44. The fraction of sp³-hybridized carbons (Fsp3) is 1.00. The quantitative estimate of drug-likeness (QED) is 0.335. The van der Waals surface area contributed by atoms with E-state index in [2.05, 4.69) is 113 Å². The summed E-state index contributed by atoms with van der Waals surface area (Å²) >= 11 is 0. The SMILES string of the molecule is C[Si](C)(CN([Si](C)(C)C)[Si](C)(C)C)O[Si](C)(C)CN([Si](C)(C)C)[Si](C)(C)C. The maximum Gasteiger partial charge on any atom is 0.186 e. The average molecular weight is 481 g/mol. The van der Waals surface area contributed by atoms with Crippen molar-refractivity contribution in [3.8, 4) is 0 Å². The number of rotatable bonds is 10. The molecular weight excluding hydrogens is 429 g/mol. The second kappa shape index (κ2) is 8.74. The van der Waals surface area contributed by atoms with Gasteiger partial charge in [-0.3, -0.25) is 0 Å². The molecule has 0 aliphatic carbocycles. The highest BCUT2D eigenvalue weighted by atomic mass is 28.4. The van der Waals surface area contributed by atoms with Gasteiger partial charge in [0.15, 0.2) is 16.6 Å². The first-order chi connectivity index (χ1) is 11.4. The molecule has 0 aromatic carbocycles. The molecule has 0 radical (unpaired) electrons. The highest BCUT2D eigenvalue weighted by Crippen LogP contribution is 2.27. The van der Waals surface area contributed by atoms with E-state index in [0.29, 0.717) is 0 Å². The minimum absolute atomic E-state index is 1.22. The fourth-order valence-electron chi connectivity index (χ4n) is 4.54. The Bertz CT molecular complexity index is 412. The van der Waals surface area contributed by atoms with Crippen molar-refractivity contribution in [2.75, 3.05) is 12.3 Å². The predicted molar refractivity (Wildman–Crippen MR) is 143 cm³/mol. The molecule has 0 saturated carbocycles. The third-order valence-electron chi connectivity index (χ3n) is 4.87. The Kier molecular flexibility index (Phi) is 9.12. The van der Waals surface area contributed by atoms with Crippen LogP contribution in [0.2, 0.25) is 105 Å². The Morgan fingerprint density at radius 2 is 0.593 bits per heavy atom. The molecule has 0 N–H and O–H groups in total. The Balaban J connectivity index is 5.51. The molecule has 164 valence electrons. The van der Waals surface area contributed by atoms with E-state index in [-0.39, 0.29) is 0 Å². The Morgan fingerprint density at radius 3 is 0.741 bits per heavy atom. The molecule has 27 heavy (non-hydrogen) atoms. The van der Waals surface area contributed by atoms with Gasteiger partial charge in [-0.1, -0.05) is 78.6 Å². The summed E-state index contributed by atoms with van der Waals surface area (Å²) in [6.07, 6.45) is 2.43. The molecule has 9 heteroatoms. The van der Waals surface area contributed by atoms with E-state index >= 15 is 0 Å². The van der Waals surface area contributed by atoms with Crippen molar-refractivity contribution >= 4 is 49.6 Å². The Labute approximate surface area is 178 Å². The minimum Gasteiger partial charge on any atom is -0.454 e. The van der Waals surface area contributed by atoms with Crippen molar-refractivity contribution < 1.29 is 4.12 Å². The van der Waals surface area contributed by atoms with Gasteiger partial charge in [-0.05, 0) is 26.2 Å². The Hall–Kier alpha value is 1.18. The van der Waals surface area contributed by atoms with Gasteiger partial charge < -0.3 is 12.6 Å². The highest BCUT2D eigenvalue weighted by Gasteiger charge is 2.44. The number of hydrogen-bond donors (Lipinski definition) is 0. The molecule has 0 aromatic rings. The maximum absolute atomic E-state index is 7.15. The summed E-state index contributed by atoms with van der Waals surface area (Å²) in [6.45, 7) is 40.0. The molecule has 0 aliphatic rings. The summed E-state index contributed by atoms with van der Waals surface area (Å²) < 4.78 is 13.0. The molecule has 0 aromatic heterocycles. The second-order valence-corrected chi connectivity index (χ2v) is 42.4. The van der Waals surface area contributed by atoms with Crippen molar-refractivity contribution in [2.24, 2.45) is 0 Å². The maximum atomic E-state index is 7.15. The first-order valence-corrected chi connectivity index (χ1v) is 30.7. The van der Waals surface area contributed by atoms with Gasteiger partial charge in [0.25, 0.3) is 0 Å². The third kappa shape index (κ3) is 10.2. The van der Waals surface area contributed by atoms with E-state index in [1.165, 1.54) is 12.3 Å². The largest absolute Gasteiger partial charge is 0.454 e. The van der Waals surface area contributed by atoms with Crippen molar-refractivity contribution in [3.05, 3.63) is 0 Å². The molecule has 3 nitrogen and oxygen atoms in total. The zero-order chi connectivity index (χ0) is 22.3. The van der Waals surface area contributed by atoms with Gasteiger partial charge in [-0.15, -0.1) is 0 Å². The van der Waals surface area contributed by atoms with Crippen LogP contribution in [0.4, 0.5) is 0 Å². The van der Waals surface area contributed by atoms with Gasteiger partial charge in [0.2, 0.25) is 0 Å². The smallest absolute Gasteiger partial charge is 0.186 e. The van der Waals surface area contributed by atoms with Crippen molar-refractivity contribution in [2.45, 2.75) is 105 Å². The van der Waals surface area contributed by atoms with Gasteiger partial charge in [0.1, 0.15) is 32.9 Å². The van der Waals surface area contributed by atoms with E-state index in [0.717, 1.165) is 0 Å². The Morgan fingerprint density at radius 1 is 0.407 bits per heavy atom. The first-order valence-electron chi connectivity index (χ1n) is 10.6. The molecule has 0 spiro atoms. The molecule has 0 atom stereocenters. The van der Waals surface area contributed by atoms with Gasteiger partial charge in [0.05, 0.1) is 0 Å². The average Bonchev–Trinajstić information content (AvgIpc) is 2.26. The van der Waals surface area contributed by atoms with E-state index in [1.807, 2.05) is 0 Å². The summed E-state index contributed by atoms with van der Waals surface area (Å²) in [4.78, 5) is 0. The van der Waals surface area contributed by atoms with Crippen LogP contribution in [0, 0.1) is 0 Å². The molecule has 0 amide bonds. The van der Waals surface area contributed by atoms with Crippen molar-refractivity contribution in [1.29, 1.82) is 0 Å². The highest BCUT2D eigenvalue weighted by molar-refractivity contribution is 6.94. The van der Waals surface area contributed by atoms with E-state index in [4.69, 9.17) is 4.12 Å². The van der Waals surface area contributed by atoms with Crippen LogP contribution in [0.25, 0.3) is 0 Å². The van der Waals surface area contributed by atoms with Gasteiger partial charge in [-0.25, -0.2) is 0 Å². The van der Waals surface area contributed by atoms with Crippen LogP contribution in [0.3, 0.4) is 0 Å². The number of hydrogen-bond acceptors (Lipinski definition) is 3. The van der Waals surface area contributed by atoms with Crippen LogP contribution < -0.4 is 0 Å². The fourth-order valence-corrected chi connectivity index (χ4v) is 40.8. The van der Waals surface area contributed by atoms with E-state index in [1.54, 1.807) is 0 Å². The standard InChI is InChI=1S/C18H52N2OSi6/c1-22(2,3)19(23(4,5)6)17-26(13,14)21-27(15,16)18-20(24(7,8)9)25(10,11)12/h17-18H2,1-16H3. The molecule has 0 aliphatic heterocycles. The monoisotopic (exact) mass is 480 g/mol. The summed E-state index contributed by atoms with van der Waals surface area (Å²) in [5, 5.41) is 0. The van der Waals surface area contributed by atoms with E-state index < -0.39 is 49.6 Å². The van der Waals surface area contributed by atoms with Crippen molar-refractivity contribution in [1.82, 2.24) is 8.46 Å². The van der Waals surface area contributed by atoms with Crippen molar-refractivity contribution in [3.63, 3.8) is 0 Å². The molecule has 0 fully saturated rings. The molecule has 0 heterocycles. The molecular formula is C18H52N2OSi6. The lowest BCUT2D eigenvalue weighted by molar-refractivity contribution is 0.497. The molecule has 0 rings (SSSR count). The summed E-state index contributed by atoms with van der Waals surface area (Å²) in [5.41, 5.74) is 0. The second-order valence-electron chi connectivity index (χ2n) is 13.5. The van der Waals surface area contributed by atoms with Crippen LogP contribution in [-0.2, 0) is 4.12 Å². The lowest BCUT2D eigenvalue weighted by Crippen LogP contribution is -2.68. The van der Waals surface area contributed by atoms with Gasteiger partial charge in [-0.2, -0.15) is 0 Å². The summed E-state index contributed by atoms with van der Waals surface area (Å²) in [7, 11) is -8.81. The van der Waals surface area contributed by atoms with Crippen LogP contribution in [0.1, 0.15) is 0 Å². The lowest BCUT2D eigenvalue weighted by Gasteiger charge is -2.50. The lowest BCUT2D eigenvalue weighted by atomic mass is 11.5. The van der Waals surface area contributed by atoms with Crippen LogP contribution >= 0.6 is 0 Å². The van der Waals surface area contributed by atoms with E-state index in [9.17, 15) is 0 Å². The van der Waals surface area contributed by atoms with Gasteiger partial charge >= 0.3 is 0 Å². The normalized spacial score (nSPS) is 15.8. The first kappa shape index (κ1) is 28.2. The molecule has 0 saturated heterocycles. The number of nitrogens with zero attached hydrogens (tertiary/aromatic N) is 2. The zero-order valence-corrected chi connectivity index (χ0v) is 27.7. The summed E-state index contributed by atoms with van der Waals surface area (Å²) in [5.74, 6) is 0. The van der Waals surface area contributed by atoms with Crippen LogP contribution in [0.15, 0.2) is 0 Å². The zero-order valence-electron chi connectivity index (χ0n) is 21.7. The summed E-state index contributed by atoms with van der Waals surface area (Å²) in [6, 6.07) is 0. The van der Waals surface area contributed by atoms with Crippen LogP contribution in [-0.4, -0.2) is 70.4 Å².